The zero-order valence-corrected chi connectivity index (χ0v) is 11.9. The molecule has 2 rings (SSSR count). The Morgan fingerprint density at radius 1 is 1.47 bits per heavy atom. The minimum absolute atomic E-state index is 0.0298. The van der Waals surface area contributed by atoms with Gasteiger partial charge in [-0.3, -0.25) is 10.1 Å². The van der Waals surface area contributed by atoms with Crippen LogP contribution in [0.3, 0.4) is 0 Å². The summed E-state index contributed by atoms with van der Waals surface area (Å²) in [7, 11) is 0. The number of halogens is 1. The molecule has 0 radical (unpaired) electrons. The first-order chi connectivity index (χ1) is 9.00. The van der Waals surface area contributed by atoms with Crippen LogP contribution in [-0.4, -0.2) is 35.4 Å². The van der Waals surface area contributed by atoms with Crippen molar-refractivity contribution in [2.24, 2.45) is 0 Å². The van der Waals surface area contributed by atoms with Crippen LogP contribution in [0, 0.1) is 10.1 Å². The van der Waals surface area contributed by atoms with Gasteiger partial charge in [-0.1, -0.05) is 0 Å². The van der Waals surface area contributed by atoms with Crippen LogP contribution >= 0.6 is 15.9 Å². The van der Waals surface area contributed by atoms with E-state index in [0.717, 1.165) is 5.69 Å². The zero-order chi connectivity index (χ0) is 13.9. The van der Waals surface area contributed by atoms with Crippen molar-refractivity contribution in [1.82, 2.24) is 0 Å². The highest BCUT2D eigenvalue weighted by atomic mass is 79.9. The van der Waals surface area contributed by atoms with Crippen LogP contribution < -0.4 is 5.32 Å². The highest BCUT2D eigenvalue weighted by Crippen LogP contribution is 2.28. The number of ether oxygens (including phenoxy) is 1. The van der Waals surface area contributed by atoms with Gasteiger partial charge >= 0.3 is 0 Å². The van der Waals surface area contributed by atoms with E-state index in [1.165, 1.54) is 12.1 Å². The summed E-state index contributed by atoms with van der Waals surface area (Å²) in [5, 5.41) is 24.0. The van der Waals surface area contributed by atoms with Crippen LogP contribution in [0.2, 0.25) is 0 Å². The minimum atomic E-state index is -0.778. The van der Waals surface area contributed by atoms with Crippen LogP contribution in [0.1, 0.15) is 12.8 Å². The molecule has 104 valence electrons. The number of nitrogens with one attached hydrogen (secondary N) is 1. The maximum absolute atomic E-state index is 10.6. The zero-order valence-electron chi connectivity index (χ0n) is 10.3. The predicted molar refractivity (Wildman–Crippen MR) is 74.3 cm³/mol. The van der Waals surface area contributed by atoms with Gasteiger partial charge in [0.25, 0.3) is 5.69 Å². The Hall–Kier alpha value is -1.18. The summed E-state index contributed by atoms with van der Waals surface area (Å²) in [6.45, 7) is 1.51. The normalized spacial score (nSPS) is 18.0. The molecule has 6 nitrogen and oxygen atoms in total. The topological polar surface area (TPSA) is 84.6 Å². The number of hydrogen-bond acceptors (Lipinski definition) is 5. The van der Waals surface area contributed by atoms with E-state index in [1.807, 2.05) is 0 Å². The van der Waals surface area contributed by atoms with E-state index >= 15 is 0 Å². The Labute approximate surface area is 119 Å². The predicted octanol–water partition coefficient (Wildman–Crippen LogP) is 2.31. The molecule has 0 saturated carbocycles. The van der Waals surface area contributed by atoms with E-state index in [9.17, 15) is 15.2 Å². The molecular formula is C12H15BrN2O4. The van der Waals surface area contributed by atoms with Gasteiger partial charge in [0.2, 0.25) is 0 Å². The largest absolute Gasteiger partial charge is 0.388 e. The average molecular weight is 331 g/mol. The van der Waals surface area contributed by atoms with Gasteiger partial charge in [-0.2, -0.15) is 0 Å². The van der Waals surface area contributed by atoms with Gasteiger partial charge in [-0.05, 0) is 22.0 Å². The lowest BCUT2D eigenvalue weighted by Crippen LogP contribution is -2.42. The number of hydrogen-bond donors (Lipinski definition) is 2. The van der Waals surface area contributed by atoms with E-state index in [0.29, 0.717) is 37.1 Å². The van der Waals surface area contributed by atoms with E-state index < -0.39 is 10.5 Å². The Balaban J connectivity index is 2.01. The van der Waals surface area contributed by atoms with E-state index in [4.69, 9.17) is 4.74 Å². The maximum atomic E-state index is 10.6. The number of rotatable bonds is 4. The lowest BCUT2D eigenvalue weighted by molar-refractivity contribution is -0.384. The Morgan fingerprint density at radius 2 is 2.16 bits per heavy atom. The third-order valence-corrected chi connectivity index (χ3v) is 3.85. The molecule has 0 spiro atoms. The molecule has 1 aromatic carbocycles. The summed E-state index contributed by atoms with van der Waals surface area (Å²) in [4.78, 5) is 10.2. The highest BCUT2D eigenvalue weighted by Gasteiger charge is 2.29. The molecule has 0 unspecified atom stereocenters. The number of non-ortho nitro benzene ring substituents is 1. The van der Waals surface area contributed by atoms with Crippen molar-refractivity contribution in [2.75, 3.05) is 25.1 Å². The fourth-order valence-electron chi connectivity index (χ4n) is 1.95. The Morgan fingerprint density at radius 3 is 2.74 bits per heavy atom. The van der Waals surface area contributed by atoms with Gasteiger partial charge in [-0.15, -0.1) is 0 Å². The van der Waals surface area contributed by atoms with Crippen LogP contribution in [0.25, 0.3) is 0 Å². The van der Waals surface area contributed by atoms with Crippen LogP contribution in [0.5, 0.6) is 0 Å². The molecule has 0 aromatic heterocycles. The van der Waals surface area contributed by atoms with Crippen molar-refractivity contribution in [3.8, 4) is 0 Å². The van der Waals surface area contributed by atoms with Gasteiger partial charge in [0.1, 0.15) is 0 Å². The molecule has 1 aliphatic heterocycles. The third-order valence-electron chi connectivity index (χ3n) is 3.19. The second kappa shape index (κ2) is 5.85. The second-order valence-electron chi connectivity index (χ2n) is 4.61. The van der Waals surface area contributed by atoms with E-state index in [-0.39, 0.29) is 5.69 Å². The molecule has 1 aliphatic rings. The molecule has 7 heteroatoms. The summed E-state index contributed by atoms with van der Waals surface area (Å²) in [5.41, 5.74) is -0.0212. The minimum Gasteiger partial charge on any atom is -0.388 e. The van der Waals surface area contributed by atoms with Gasteiger partial charge in [0.05, 0.1) is 10.5 Å². The van der Waals surface area contributed by atoms with Gasteiger partial charge in [-0.25, -0.2) is 0 Å². The monoisotopic (exact) mass is 330 g/mol. The molecule has 2 N–H and O–H groups in total. The number of benzene rings is 1. The summed E-state index contributed by atoms with van der Waals surface area (Å²) >= 11 is 3.28. The van der Waals surface area contributed by atoms with Crippen molar-refractivity contribution in [2.45, 2.75) is 18.4 Å². The van der Waals surface area contributed by atoms with Crippen molar-refractivity contribution >= 4 is 27.3 Å². The molecule has 1 saturated heterocycles. The number of aliphatic hydroxyl groups is 1. The fraction of sp³-hybridized carbons (Fsp3) is 0.500. The molecule has 1 fully saturated rings. The van der Waals surface area contributed by atoms with Crippen molar-refractivity contribution in [3.05, 3.63) is 32.8 Å². The lowest BCUT2D eigenvalue weighted by atomic mass is 9.94. The first-order valence-electron chi connectivity index (χ1n) is 5.98. The summed E-state index contributed by atoms with van der Waals surface area (Å²) in [5.74, 6) is 0. The molecule has 0 amide bonds. The Bertz CT molecular complexity index is 475. The lowest BCUT2D eigenvalue weighted by Gasteiger charge is -2.32. The van der Waals surface area contributed by atoms with E-state index in [2.05, 4.69) is 21.2 Å². The molecular weight excluding hydrogens is 316 g/mol. The van der Waals surface area contributed by atoms with Crippen molar-refractivity contribution < 1.29 is 14.8 Å². The summed E-state index contributed by atoms with van der Waals surface area (Å²) in [6, 6.07) is 4.50. The number of nitro groups is 1. The molecule has 0 atom stereocenters. The summed E-state index contributed by atoms with van der Waals surface area (Å²) in [6.07, 6.45) is 1.18. The second-order valence-corrected chi connectivity index (χ2v) is 5.47. The highest BCUT2D eigenvalue weighted by molar-refractivity contribution is 9.10. The van der Waals surface area contributed by atoms with Gasteiger partial charge < -0.3 is 15.2 Å². The SMILES string of the molecule is O=[N+]([O-])c1ccc(NCC2(O)CCOCC2)c(Br)c1. The van der Waals surface area contributed by atoms with Crippen molar-refractivity contribution in [3.63, 3.8) is 0 Å². The van der Waals surface area contributed by atoms with E-state index in [1.54, 1.807) is 6.07 Å². The Kier molecular flexibility index (Phi) is 4.38. The number of anilines is 1. The molecule has 19 heavy (non-hydrogen) atoms. The van der Waals surface area contributed by atoms with Crippen LogP contribution in [0.15, 0.2) is 22.7 Å². The van der Waals surface area contributed by atoms with Gasteiger partial charge in [0, 0.05) is 54.9 Å². The molecule has 0 bridgehead atoms. The fourth-order valence-corrected chi connectivity index (χ4v) is 2.46. The van der Waals surface area contributed by atoms with Gasteiger partial charge in [0.15, 0.2) is 0 Å². The number of nitrogens with zero attached hydrogens (tertiary/aromatic N) is 1. The van der Waals surface area contributed by atoms with Crippen LogP contribution in [-0.2, 0) is 4.74 Å². The molecule has 1 heterocycles. The molecule has 1 aromatic rings. The van der Waals surface area contributed by atoms with Crippen LogP contribution in [0.4, 0.5) is 11.4 Å². The standard InChI is InChI=1S/C12H15BrN2O4/c13-10-7-9(15(17)18)1-2-11(10)14-8-12(16)3-5-19-6-4-12/h1-2,7,14,16H,3-6,8H2. The average Bonchev–Trinajstić information content (AvgIpc) is 2.38. The third kappa shape index (κ3) is 3.65. The van der Waals surface area contributed by atoms with Crippen molar-refractivity contribution in [1.29, 1.82) is 0 Å². The quantitative estimate of drug-likeness (QED) is 0.653. The molecule has 0 aliphatic carbocycles. The first kappa shape index (κ1) is 14.2. The number of nitro benzene ring substituents is 1. The summed E-state index contributed by atoms with van der Waals surface area (Å²) < 4.78 is 5.82. The maximum Gasteiger partial charge on any atom is 0.270 e. The first-order valence-corrected chi connectivity index (χ1v) is 6.77. The smallest absolute Gasteiger partial charge is 0.270 e.